The SMILES string of the molecule is C/C=C\c1c(N)cccc1NCCO. The Bertz CT molecular complexity index is 321. The predicted molar refractivity (Wildman–Crippen MR) is 61.1 cm³/mol. The van der Waals surface area contributed by atoms with Gasteiger partial charge in [-0.05, 0) is 19.1 Å². The van der Waals surface area contributed by atoms with Gasteiger partial charge in [0.15, 0.2) is 0 Å². The second-order valence-electron chi connectivity index (χ2n) is 2.96. The number of hydrogen-bond acceptors (Lipinski definition) is 3. The Morgan fingerprint density at radius 2 is 2.29 bits per heavy atom. The van der Waals surface area contributed by atoms with Crippen LogP contribution in [0.1, 0.15) is 12.5 Å². The monoisotopic (exact) mass is 192 g/mol. The van der Waals surface area contributed by atoms with Gasteiger partial charge in [0, 0.05) is 23.5 Å². The normalized spacial score (nSPS) is 10.7. The number of benzene rings is 1. The van der Waals surface area contributed by atoms with Gasteiger partial charge in [-0.3, -0.25) is 0 Å². The van der Waals surface area contributed by atoms with Crippen molar-refractivity contribution in [2.75, 3.05) is 24.2 Å². The van der Waals surface area contributed by atoms with E-state index >= 15 is 0 Å². The van der Waals surface area contributed by atoms with E-state index < -0.39 is 0 Å². The molecule has 0 saturated carbocycles. The van der Waals surface area contributed by atoms with E-state index in [9.17, 15) is 0 Å². The van der Waals surface area contributed by atoms with Crippen LogP contribution in [0.3, 0.4) is 0 Å². The Hall–Kier alpha value is -1.48. The minimum atomic E-state index is 0.115. The van der Waals surface area contributed by atoms with Crippen molar-refractivity contribution in [3.8, 4) is 0 Å². The molecule has 1 aromatic carbocycles. The summed E-state index contributed by atoms with van der Waals surface area (Å²) in [6.07, 6.45) is 3.89. The van der Waals surface area contributed by atoms with Crippen LogP contribution in [0.25, 0.3) is 6.08 Å². The van der Waals surface area contributed by atoms with Gasteiger partial charge in [-0.2, -0.15) is 0 Å². The van der Waals surface area contributed by atoms with Crippen molar-refractivity contribution in [2.45, 2.75) is 6.92 Å². The number of rotatable bonds is 4. The van der Waals surface area contributed by atoms with Gasteiger partial charge in [0.05, 0.1) is 6.61 Å². The van der Waals surface area contributed by atoms with E-state index in [2.05, 4.69) is 5.32 Å². The van der Waals surface area contributed by atoms with Crippen LogP contribution in [0.2, 0.25) is 0 Å². The third kappa shape index (κ3) is 2.50. The zero-order valence-electron chi connectivity index (χ0n) is 8.33. The van der Waals surface area contributed by atoms with E-state index in [0.29, 0.717) is 6.54 Å². The van der Waals surface area contributed by atoms with E-state index in [0.717, 1.165) is 16.9 Å². The molecule has 0 radical (unpaired) electrons. The zero-order valence-corrected chi connectivity index (χ0v) is 8.33. The maximum atomic E-state index is 8.71. The van der Waals surface area contributed by atoms with Crippen LogP contribution in [0.4, 0.5) is 11.4 Å². The fourth-order valence-electron chi connectivity index (χ4n) is 1.28. The standard InChI is InChI=1S/C11H16N2O/c1-2-4-9-10(12)5-3-6-11(9)13-7-8-14/h2-6,13-14H,7-8,12H2,1H3/b4-2-. The average Bonchev–Trinajstić information content (AvgIpc) is 2.19. The molecule has 0 fully saturated rings. The van der Waals surface area contributed by atoms with Gasteiger partial charge in [0.25, 0.3) is 0 Å². The molecule has 0 saturated heterocycles. The van der Waals surface area contributed by atoms with Crippen molar-refractivity contribution in [3.63, 3.8) is 0 Å². The van der Waals surface area contributed by atoms with Crippen LogP contribution in [0.15, 0.2) is 24.3 Å². The van der Waals surface area contributed by atoms with Crippen molar-refractivity contribution in [3.05, 3.63) is 29.8 Å². The summed E-state index contributed by atoms with van der Waals surface area (Å²) in [5.41, 5.74) is 8.50. The fraction of sp³-hybridized carbons (Fsp3) is 0.273. The maximum Gasteiger partial charge on any atom is 0.0604 e. The molecule has 1 rings (SSSR count). The highest BCUT2D eigenvalue weighted by Gasteiger charge is 2.01. The first-order chi connectivity index (χ1) is 6.79. The van der Waals surface area contributed by atoms with Gasteiger partial charge < -0.3 is 16.2 Å². The number of nitrogens with two attached hydrogens (primary N) is 1. The Labute approximate surface area is 84.3 Å². The molecule has 14 heavy (non-hydrogen) atoms. The summed E-state index contributed by atoms with van der Waals surface area (Å²) in [5, 5.41) is 11.8. The third-order valence-electron chi connectivity index (χ3n) is 1.90. The number of aliphatic hydroxyl groups excluding tert-OH is 1. The Kier molecular flexibility index (Phi) is 4.01. The largest absolute Gasteiger partial charge is 0.398 e. The molecule has 0 atom stereocenters. The Morgan fingerprint density at radius 3 is 2.93 bits per heavy atom. The summed E-state index contributed by atoms with van der Waals surface area (Å²) in [4.78, 5) is 0. The molecule has 4 N–H and O–H groups in total. The van der Waals surface area contributed by atoms with Crippen LogP contribution in [-0.4, -0.2) is 18.3 Å². The zero-order chi connectivity index (χ0) is 10.4. The molecule has 0 aliphatic rings. The second-order valence-corrected chi connectivity index (χ2v) is 2.96. The number of nitrogen functional groups attached to an aromatic ring is 1. The number of allylic oxidation sites excluding steroid dienone is 1. The number of aliphatic hydroxyl groups is 1. The first-order valence-corrected chi connectivity index (χ1v) is 4.65. The fourth-order valence-corrected chi connectivity index (χ4v) is 1.28. The van der Waals surface area contributed by atoms with E-state index in [-0.39, 0.29) is 6.61 Å². The lowest BCUT2D eigenvalue weighted by molar-refractivity contribution is 0.311. The predicted octanol–water partition coefficient (Wildman–Crippen LogP) is 1.71. The average molecular weight is 192 g/mol. The summed E-state index contributed by atoms with van der Waals surface area (Å²) in [5.74, 6) is 0. The van der Waals surface area contributed by atoms with Crippen molar-refractivity contribution in [2.24, 2.45) is 0 Å². The van der Waals surface area contributed by atoms with E-state index in [4.69, 9.17) is 10.8 Å². The lowest BCUT2D eigenvalue weighted by atomic mass is 10.1. The summed E-state index contributed by atoms with van der Waals surface area (Å²) < 4.78 is 0. The molecule has 0 heterocycles. The summed E-state index contributed by atoms with van der Waals surface area (Å²) >= 11 is 0. The lowest BCUT2D eigenvalue weighted by Gasteiger charge is -2.10. The number of nitrogens with one attached hydrogen (secondary N) is 1. The maximum absolute atomic E-state index is 8.71. The molecule has 0 aromatic heterocycles. The summed E-state index contributed by atoms with van der Waals surface area (Å²) in [6.45, 7) is 2.60. The highest BCUT2D eigenvalue weighted by Crippen LogP contribution is 2.23. The first kappa shape index (κ1) is 10.6. The van der Waals surface area contributed by atoms with Gasteiger partial charge in [0.2, 0.25) is 0 Å². The molecule has 0 unspecified atom stereocenters. The van der Waals surface area contributed by atoms with E-state index in [1.807, 2.05) is 37.3 Å². The molecule has 0 bridgehead atoms. The lowest BCUT2D eigenvalue weighted by Crippen LogP contribution is -2.07. The van der Waals surface area contributed by atoms with Crippen LogP contribution >= 0.6 is 0 Å². The first-order valence-electron chi connectivity index (χ1n) is 4.65. The third-order valence-corrected chi connectivity index (χ3v) is 1.90. The molecule has 0 aliphatic carbocycles. The molecular weight excluding hydrogens is 176 g/mol. The summed E-state index contributed by atoms with van der Waals surface area (Å²) in [6, 6.07) is 5.70. The molecule has 0 aliphatic heterocycles. The van der Waals surface area contributed by atoms with Crippen LogP contribution in [0.5, 0.6) is 0 Å². The topological polar surface area (TPSA) is 58.3 Å². The number of hydrogen-bond donors (Lipinski definition) is 3. The van der Waals surface area contributed by atoms with Gasteiger partial charge in [-0.25, -0.2) is 0 Å². The molecule has 3 nitrogen and oxygen atoms in total. The molecular formula is C11H16N2O. The van der Waals surface area contributed by atoms with E-state index in [1.54, 1.807) is 0 Å². The van der Waals surface area contributed by atoms with Gasteiger partial charge in [0.1, 0.15) is 0 Å². The Balaban J connectivity index is 2.95. The van der Waals surface area contributed by atoms with Crippen LogP contribution < -0.4 is 11.1 Å². The van der Waals surface area contributed by atoms with Crippen LogP contribution in [-0.2, 0) is 0 Å². The molecule has 0 spiro atoms. The molecule has 3 heteroatoms. The van der Waals surface area contributed by atoms with Crippen molar-refractivity contribution in [1.29, 1.82) is 0 Å². The van der Waals surface area contributed by atoms with Gasteiger partial charge in [-0.15, -0.1) is 0 Å². The number of anilines is 2. The quantitative estimate of drug-likeness (QED) is 0.636. The van der Waals surface area contributed by atoms with Crippen molar-refractivity contribution in [1.82, 2.24) is 0 Å². The van der Waals surface area contributed by atoms with Gasteiger partial charge in [-0.1, -0.05) is 18.2 Å². The smallest absolute Gasteiger partial charge is 0.0604 e. The van der Waals surface area contributed by atoms with Crippen molar-refractivity contribution >= 4 is 17.5 Å². The highest BCUT2D eigenvalue weighted by atomic mass is 16.3. The van der Waals surface area contributed by atoms with Crippen molar-refractivity contribution < 1.29 is 5.11 Å². The molecule has 0 amide bonds. The second kappa shape index (κ2) is 5.29. The minimum absolute atomic E-state index is 0.115. The van der Waals surface area contributed by atoms with E-state index in [1.165, 1.54) is 0 Å². The highest BCUT2D eigenvalue weighted by molar-refractivity contribution is 5.76. The molecule has 76 valence electrons. The summed E-state index contributed by atoms with van der Waals surface area (Å²) in [7, 11) is 0. The minimum Gasteiger partial charge on any atom is -0.398 e. The van der Waals surface area contributed by atoms with Crippen LogP contribution in [0, 0.1) is 0 Å². The van der Waals surface area contributed by atoms with Gasteiger partial charge >= 0.3 is 0 Å². The Morgan fingerprint density at radius 1 is 1.50 bits per heavy atom. The molecule has 1 aromatic rings.